The zero-order chi connectivity index (χ0) is 38.2. The number of hydrogen-bond donors (Lipinski definition) is 2. The molecule has 3 heterocycles. The molecule has 5 nitrogen and oxygen atoms in total. The highest BCUT2D eigenvalue weighted by Crippen LogP contribution is 2.39. The fraction of sp³-hybridized carbons (Fsp3) is 0. The summed E-state index contributed by atoms with van der Waals surface area (Å²) in [7, 11) is -1.51. The third kappa shape index (κ3) is 6.82. The van der Waals surface area contributed by atoms with E-state index in [-0.39, 0.29) is 0 Å². The van der Waals surface area contributed by atoms with E-state index < -0.39 is 7.12 Å². The van der Waals surface area contributed by atoms with Crippen LogP contribution in [0.4, 0.5) is 0 Å². The third-order valence-corrected chi connectivity index (χ3v) is 10.8. The summed E-state index contributed by atoms with van der Waals surface area (Å²) in [4.78, 5) is 0. The Morgan fingerprint density at radius 2 is 0.732 bits per heavy atom. The van der Waals surface area contributed by atoms with Gasteiger partial charge in [-0.2, -0.15) is 0 Å². The lowest BCUT2D eigenvalue weighted by atomic mass is 9.79. The number of para-hydroxylation sites is 6. The second-order valence-electron chi connectivity index (χ2n) is 13.3. The lowest BCUT2D eigenvalue weighted by Gasteiger charge is -2.07. The molecular weight excluding hydrogens is 827 g/mol. The first-order valence-corrected chi connectivity index (χ1v) is 19.6. The standard InChI is InChI=1S/C30H18O2.C12H9BO3.C6H4Br2/c1-3-16-27-23(10-1)25-14-6-12-21(29(25)31-27)19-8-5-9-20(18-19)22-13-7-15-26-24-11-2-4-17-28(24)32-30(22)26;14-13(15)10-6-3-5-9-8-4-1-2-7-11(8)16-12(9)10;7-5-2-1-3-6(8)4-5/h1-18H;1-7,14-15H;1-4H. The van der Waals surface area contributed by atoms with Gasteiger partial charge in [0.25, 0.3) is 0 Å². The topological polar surface area (TPSA) is 79.9 Å². The average Bonchev–Trinajstić information content (AvgIpc) is 3.93. The molecule has 56 heavy (non-hydrogen) atoms. The maximum absolute atomic E-state index is 9.24. The molecule has 11 rings (SSSR count). The molecule has 2 N–H and O–H groups in total. The molecule has 0 fully saturated rings. The molecular formula is C48H31BBr2O5. The van der Waals surface area contributed by atoms with Crippen molar-refractivity contribution in [2.24, 2.45) is 0 Å². The quantitative estimate of drug-likeness (QED) is 0.173. The van der Waals surface area contributed by atoms with Gasteiger partial charge in [-0.15, -0.1) is 0 Å². The van der Waals surface area contributed by atoms with Crippen LogP contribution in [0.2, 0.25) is 0 Å². The van der Waals surface area contributed by atoms with Crippen LogP contribution in [0.5, 0.6) is 0 Å². The van der Waals surface area contributed by atoms with Gasteiger partial charge in [0.15, 0.2) is 0 Å². The molecule has 0 bridgehead atoms. The van der Waals surface area contributed by atoms with E-state index in [4.69, 9.17) is 13.3 Å². The largest absolute Gasteiger partial charge is 0.492 e. The van der Waals surface area contributed by atoms with E-state index in [9.17, 15) is 10.0 Å². The summed E-state index contributed by atoms with van der Waals surface area (Å²) in [5.74, 6) is 0. The van der Waals surface area contributed by atoms with Crippen LogP contribution in [0, 0.1) is 0 Å². The molecule has 0 unspecified atom stereocenters. The van der Waals surface area contributed by atoms with E-state index >= 15 is 0 Å². The van der Waals surface area contributed by atoms with E-state index in [1.54, 1.807) is 12.1 Å². The van der Waals surface area contributed by atoms with Crippen LogP contribution in [0.15, 0.2) is 198 Å². The molecule has 0 amide bonds. The van der Waals surface area contributed by atoms with Gasteiger partial charge in [-0.3, -0.25) is 0 Å². The van der Waals surface area contributed by atoms with Gasteiger partial charge >= 0.3 is 7.12 Å². The lowest BCUT2D eigenvalue weighted by molar-refractivity contribution is 0.425. The second-order valence-corrected chi connectivity index (χ2v) is 15.1. The third-order valence-electron chi connectivity index (χ3n) is 9.79. The van der Waals surface area contributed by atoms with E-state index in [0.29, 0.717) is 11.0 Å². The molecule has 8 aromatic carbocycles. The Labute approximate surface area is 338 Å². The molecule has 3 aromatic heterocycles. The van der Waals surface area contributed by atoms with Gasteiger partial charge in [-0.25, -0.2) is 0 Å². The van der Waals surface area contributed by atoms with Crippen LogP contribution in [0.25, 0.3) is 88.1 Å². The Balaban J connectivity index is 0.000000141. The van der Waals surface area contributed by atoms with E-state index in [1.807, 2.05) is 78.9 Å². The Bertz CT molecular complexity index is 3030. The van der Waals surface area contributed by atoms with Gasteiger partial charge in [0.05, 0.1) is 0 Å². The molecule has 0 saturated carbocycles. The highest BCUT2D eigenvalue weighted by Gasteiger charge is 2.19. The molecule has 0 saturated heterocycles. The summed E-state index contributed by atoms with van der Waals surface area (Å²) in [5.41, 5.74) is 9.81. The predicted octanol–water partition coefficient (Wildman–Crippen LogP) is 13.3. The Hall–Kier alpha value is -5.90. The summed E-state index contributed by atoms with van der Waals surface area (Å²) in [6.07, 6.45) is 0. The zero-order valence-electron chi connectivity index (χ0n) is 29.7. The SMILES string of the molecule is Brc1cccc(Br)c1.OB(O)c1cccc2c1oc1ccccc12.c1cc(-c2cccc3c2oc2ccccc23)cc(-c2cccc3c2oc2ccccc23)c1. The maximum Gasteiger partial charge on any atom is 0.492 e. The fourth-order valence-corrected chi connectivity index (χ4v) is 8.34. The van der Waals surface area contributed by atoms with Crippen LogP contribution in [-0.4, -0.2) is 17.2 Å². The van der Waals surface area contributed by atoms with Crippen LogP contribution < -0.4 is 5.46 Å². The van der Waals surface area contributed by atoms with Crippen molar-refractivity contribution < 1.29 is 23.3 Å². The van der Waals surface area contributed by atoms with Crippen LogP contribution in [-0.2, 0) is 0 Å². The molecule has 0 radical (unpaired) electrons. The summed E-state index contributed by atoms with van der Waals surface area (Å²) in [6.45, 7) is 0. The minimum atomic E-state index is -1.51. The van der Waals surface area contributed by atoms with Crippen LogP contribution >= 0.6 is 31.9 Å². The van der Waals surface area contributed by atoms with Gasteiger partial charge in [-0.1, -0.05) is 165 Å². The van der Waals surface area contributed by atoms with Crippen LogP contribution in [0.1, 0.15) is 0 Å². The van der Waals surface area contributed by atoms with Crippen molar-refractivity contribution in [1.29, 1.82) is 0 Å². The molecule has 0 aliphatic carbocycles. The van der Waals surface area contributed by atoms with Crippen molar-refractivity contribution >= 4 is 110 Å². The molecule has 0 atom stereocenters. The number of hydrogen-bond acceptors (Lipinski definition) is 5. The van der Waals surface area contributed by atoms with Gasteiger partial charge in [-0.05, 0) is 53.6 Å². The fourth-order valence-electron chi connectivity index (χ4n) is 7.24. The average molecular weight is 858 g/mol. The number of furan rings is 3. The molecule has 270 valence electrons. The first-order valence-electron chi connectivity index (χ1n) is 18.0. The minimum Gasteiger partial charge on any atom is -0.456 e. The molecule has 0 spiro atoms. The predicted molar refractivity (Wildman–Crippen MR) is 237 cm³/mol. The van der Waals surface area contributed by atoms with Crippen molar-refractivity contribution in [3.8, 4) is 22.3 Å². The van der Waals surface area contributed by atoms with Gasteiger partial charge < -0.3 is 23.3 Å². The lowest BCUT2D eigenvalue weighted by Crippen LogP contribution is -2.29. The molecule has 0 aliphatic rings. The second kappa shape index (κ2) is 15.3. The monoisotopic (exact) mass is 856 g/mol. The number of rotatable bonds is 3. The smallest absolute Gasteiger partial charge is 0.456 e. The van der Waals surface area contributed by atoms with Gasteiger partial charge in [0, 0.05) is 57.9 Å². The summed E-state index contributed by atoms with van der Waals surface area (Å²) in [5, 5.41) is 24.9. The first-order chi connectivity index (χ1) is 27.4. The van der Waals surface area contributed by atoms with Crippen molar-refractivity contribution in [2.45, 2.75) is 0 Å². The Morgan fingerprint density at radius 1 is 0.357 bits per heavy atom. The van der Waals surface area contributed by atoms with E-state index in [1.165, 1.54) is 0 Å². The summed E-state index contributed by atoms with van der Waals surface area (Å²) in [6, 6.07) is 58.7. The van der Waals surface area contributed by atoms with E-state index in [2.05, 4.69) is 117 Å². The highest BCUT2D eigenvalue weighted by atomic mass is 79.9. The Morgan fingerprint density at radius 3 is 1.18 bits per heavy atom. The zero-order valence-corrected chi connectivity index (χ0v) is 32.9. The molecule has 8 heteroatoms. The van der Waals surface area contributed by atoms with Crippen molar-refractivity contribution in [3.05, 3.63) is 185 Å². The minimum absolute atomic E-state index is 0.397. The van der Waals surface area contributed by atoms with E-state index in [0.717, 1.165) is 91.4 Å². The number of halogens is 2. The van der Waals surface area contributed by atoms with Crippen LogP contribution in [0.3, 0.4) is 0 Å². The maximum atomic E-state index is 9.24. The van der Waals surface area contributed by atoms with Crippen molar-refractivity contribution in [2.75, 3.05) is 0 Å². The van der Waals surface area contributed by atoms with Gasteiger partial charge in [0.2, 0.25) is 0 Å². The number of fused-ring (bicyclic) bond motifs is 9. The summed E-state index contributed by atoms with van der Waals surface area (Å²) < 4.78 is 20.4. The van der Waals surface area contributed by atoms with Crippen molar-refractivity contribution in [3.63, 3.8) is 0 Å². The highest BCUT2D eigenvalue weighted by molar-refractivity contribution is 9.11. The van der Waals surface area contributed by atoms with Gasteiger partial charge in [0.1, 0.15) is 33.5 Å². The number of benzene rings is 8. The molecule has 11 aromatic rings. The molecule has 0 aliphatic heterocycles. The Kier molecular flexibility index (Phi) is 9.79. The van der Waals surface area contributed by atoms with Crippen molar-refractivity contribution in [1.82, 2.24) is 0 Å². The first kappa shape index (κ1) is 35.8. The summed E-state index contributed by atoms with van der Waals surface area (Å²) >= 11 is 6.66. The normalized spacial score (nSPS) is 11.2.